The number of para-hydroxylation sites is 1. The second kappa shape index (κ2) is 8.95. The molecule has 0 heterocycles. The van der Waals surface area contributed by atoms with E-state index >= 15 is 0 Å². The fraction of sp³-hybridized carbons (Fsp3) is 0.600. The second-order valence-corrected chi connectivity index (χ2v) is 4.58. The molecule has 1 aromatic carbocycles. The Morgan fingerprint density at radius 3 is 2.78 bits per heavy atom. The minimum atomic E-state index is -0.358. The lowest BCUT2D eigenvalue weighted by Gasteiger charge is -2.14. The molecule has 0 spiro atoms. The number of unbranched alkanes of at least 4 members (excludes halogenated alkanes) is 2. The highest BCUT2D eigenvalue weighted by Gasteiger charge is 2.08. The van der Waals surface area contributed by atoms with E-state index in [1.807, 2.05) is 24.3 Å². The largest absolute Gasteiger partial charge is 0.496 e. The van der Waals surface area contributed by atoms with Crippen LogP contribution in [-0.2, 0) is 6.42 Å². The molecule has 1 rings (SSSR count). The van der Waals surface area contributed by atoms with Crippen molar-refractivity contribution in [1.29, 1.82) is 0 Å². The molecule has 0 radical (unpaired) electrons. The minimum absolute atomic E-state index is 0.358. The van der Waals surface area contributed by atoms with E-state index < -0.39 is 0 Å². The molecule has 0 fully saturated rings. The van der Waals surface area contributed by atoms with E-state index in [0.717, 1.165) is 17.9 Å². The zero-order chi connectivity index (χ0) is 13.2. The van der Waals surface area contributed by atoms with Crippen molar-refractivity contribution in [2.45, 2.75) is 38.7 Å². The molecule has 18 heavy (non-hydrogen) atoms. The summed E-state index contributed by atoms with van der Waals surface area (Å²) in [6.45, 7) is 3.81. The van der Waals surface area contributed by atoms with E-state index in [1.165, 1.54) is 19.3 Å². The Morgan fingerprint density at radius 1 is 1.28 bits per heavy atom. The Labute approximate surface area is 110 Å². The van der Waals surface area contributed by atoms with E-state index in [0.29, 0.717) is 13.0 Å². The van der Waals surface area contributed by atoms with Crippen molar-refractivity contribution < 1.29 is 9.84 Å². The van der Waals surface area contributed by atoms with Gasteiger partial charge in [-0.05, 0) is 24.6 Å². The lowest BCUT2D eigenvalue weighted by atomic mass is 10.1. The van der Waals surface area contributed by atoms with Crippen molar-refractivity contribution in [2.75, 3.05) is 20.2 Å². The van der Waals surface area contributed by atoms with Gasteiger partial charge in [-0.2, -0.15) is 0 Å². The van der Waals surface area contributed by atoms with Gasteiger partial charge in [0.2, 0.25) is 0 Å². The van der Waals surface area contributed by atoms with Crippen LogP contribution in [-0.4, -0.2) is 31.4 Å². The SMILES string of the molecule is CCCCCNCC(O)Cc1ccccc1OC. The van der Waals surface area contributed by atoms with Crippen molar-refractivity contribution in [3.63, 3.8) is 0 Å². The van der Waals surface area contributed by atoms with Gasteiger partial charge in [0.1, 0.15) is 5.75 Å². The van der Waals surface area contributed by atoms with Crippen LogP contribution in [0.3, 0.4) is 0 Å². The number of hydrogen-bond donors (Lipinski definition) is 2. The van der Waals surface area contributed by atoms with Gasteiger partial charge in [-0.15, -0.1) is 0 Å². The first-order chi connectivity index (χ1) is 8.77. The Hall–Kier alpha value is -1.06. The monoisotopic (exact) mass is 251 g/mol. The summed E-state index contributed by atoms with van der Waals surface area (Å²) in [6.07, 6.45) is 3.92. The zero-order valence-corrected chi connectivity index (χ0v) is 11.5. The van der Waals surface area contributed by atoms with Crippen molar-refractivity contribution in [2.24, 2.45) is 0 Å². The number of rotatable bonds is 9. The topological polar surface area (TPSA) is 41.5 Å². The van der Waals surface area contributed by atoms with Gasteiger partial charge in [0.25, 0.3) is 0 Å². The first kappa shape index (κ1) is 15.0. The molecular formula is C15H25NO2. The fourth-order valence-corrected chi connectivity index (χ4v) is 1.97. The molecule has 1 unspecified atom stereocenters. The van der Waals surface area contributed by atoms with Gasteiger partial charge in [-0.1, -0.05) is 38.0 Å². The smallest absolute Gasteiger partial charge is 0.122 e. The molecule has 102 valence electrons. The Balaban J connectivity index is 2.28. The molecule has 0 amide bonds. The molecule has 1 atom stereocenters. The molecule has 0 saturated heterocycles. The van der Waals surface area contributed by atoms with Gasteiger partial charge in [0, 0.05) is 13.0 Å². The standard InChI is InChI=1S/C15H25NO2/c1-3-4-7-10-16-12-14(17)11-13-8-5-6-9-15(13)18-2/h5-6,8-9,14,16-17H,3-4,7,10-12H2,1-2H3. The van der Waals surface area contributed by atoms with Crippen molar-refractivity contribution in [3.8, 4) is 5.75 Å². The zero-order valence-electron chi connectivity index (χ0n) is 11.5. The van der Waals surface area contributed by atoms with Crippen LogP contribution in [0.4, 0.5) is 0 Å². The van der Waals surface area contributed by atoms with Crippen LogP contribution in [0.5, 0.6) is 5.75 Å². The van der Waals surface area contributed by atoms with E-state index in [9.17, 15) is 5.11 Å². The third-order valence-electron chi connectivity index (χ3n) is 2.99. The number of ether oxygens (including phenoxy) is 1. The maximum Gasteiger partial charge on any atom is 0.122 e. The number of benzene rings is 1. The van der Waals surface area contributed by atoms with E-state index in [1.54, 1.807) is 7.11 Å². The van der Waals surface area contributed by atoms with Gasteiger partial charge in [0.05, 0.1) is 13.2 Å². The molecule has 3 heteroatoms. The highest BCUT2D eigenvalue weighted by molar-refractivity contribution is 5.33. The predicted octanol–water partition coefficient (Wildman–Crippen LogP) is 2.38. The summed E-state index contributed by atoms with van der Waals surface area (Å²) in [7, 11) is 1.66. The van der Waals surface area contributed by atoms with Crippen LogP contribution in [0.15, 0.2) is 24.3 Å². The quantitative estimate of drug-likeness (QED) is 0.662. The van der Waals surface area contributed by atoms with Gasteiger partial charge in [0.15, 0.2) is 0 Å². The molecule has 0 aromatic heterocycles. The first-order valence-electron chi connectivity index (χ1n) is 6.78. The van der Waals surface area contributed by atoms with Crippen molar-refractivity contribution >= 4 is 0 Å². The molecule has 2 N–H and O–H groups in total. The van der Waals surface area contributed by atoms with Crippen molar-refractivity contribution in [1.82, 2.24) is 5.32 Å². The maximum atomic E-state index is 9.96. The van der Waals surface area contributed by atoms with Crippen LogP contribution >= 0.6 is 0 Å². The number of methoxy groups -OCH3 is 1. The second-order valence-electron chi connectivity index (χ2n) is 4.58. The molecule has 0 saturated carbocycles. The van der Waals surface area contributed by atoms with E-state index in [4.69, 9.17) is 4.74 Å². The Morgan fingerprint density at radius 2 is 2.06 bits per heavy atom. The molecule has 0 aliphatic carbocycles. The summed E-state index contributed by atoms with van der Waals surface area (Å²) in [5.74, 6) is 0.850. The number of nitrogens with one attached hydrogen (secondary N) is 1. The van der Waals surface area contributed by atoms with Crippen LogP contribution in [0.25, 0.3) is 0 Å². The van der Waals surface area contributed by atoms with Crippen molar-refractivity contribution in [3.05, 3.63) is 29.8 Å². The Kier molecular flexibility index (Phi) is 7.46. The summed E-state index contributed by atoms with van der Waals surface area (Å²) >= 11 is 0. The number of aliphatic hydroxyl groups excluding tert-OH is 1. The average Bonchev–Trinajstić information content (AvgIpc) is 2.39. The summed E-state index contributed by atoms with van der Waals surface area (Å²) < 4.78 is 5.27. The summed E-state index contributed by atoms with van der Waals surface area (Å²) in [5.41, 5.74) is 1.06. The van der Waals surface area contributed by atoms with Crippen LogP contribution < -0.4 is 10.1 Å². The van der Waals surface area contributed by atoms with Crippen LogP contribution in [0.1, 0.15) is 31.7 Å². The number of aliphatic hydroxyl groups is 1. The molecule has 0 aliphatic rings. The maximum absolute atomic E-state index is 9.96. The van der Waals surface area contributed by atoms with Gasteiger partial charge >= 0.3 is 0 Å². The normalized spacial score (nSPS) is 12.4. The summed E-state index contributed by atoms with van der Waals surface area (Å²) in [5, 5.41) is 13.2. The summed E-state index contributed by atoms with van der Waals surface area (Å²) in [6, 6.07) is 7.84. The Bertz CT molecular complexity index is 328. The lowest BCUT2D eigenvalue weighted by Crippen LogP contribution is -2.29. The molecule has 3 nitrogen and oxygen atoms in total. The summed E-state index contributed by atoms with van der Waals surface area (Å²) in [4.78, 5) is 0. The van der Waals surface area contributed by atoms with Gasteiger partial charge in [-0.25, -0.2) is 0 Å². The highest BCUT2D eigenvalue weighted by atomic mass is 16.5. The van der Waals surface area contributed by atoms with E-state index in [-0.39, 0.29) is 6.10 Å². The molecule has 1 aromatic rings. The fourth-order valence-electron chi connectivity index (χ4n) is 1.97. The molecule has 0 aliphatic heterocycles. The third kappa shape index (κ3) is 5.52. The average molecular weight is 251 g/mol. The third-order valence-corrected chi connectivity index (χ3v) is 2.99. The van der Waals surface area contributed by atoms with E-state index in [2.05, 4.69) is 12.2 Å². The van der Waals surface area contributed by atoms with Crippen LogP contribution in [0, 0.1) is 0 Å². The molecule has 0 bridgehead atoms. The highest BCUT2D eigenvalue weighted by Crippen LogP contribution is 2.18. The van der Waals surface area contributed by atoms with Gasteiger partial charge < -0.3 is 15.2 Å². The van der Waals surface area contributed by atoms with Crippen LogP contribution in [0.2, 0.25) is 0 Å². The first-order valence-corrected chi connectivity index (χ1v) is 6.78. The molecular weight excluding hydrogens is 226 g/mol. The lowest BCUT2D eigenvalue weighted by molar-refractivity contribution is 0.171. The minimum Gasteiger partial charge on any atom is -0.496 e. The van der Waals surface area contributed by atoms with Gasteiger partial charge in [-0.3, -0.25) is 0 Å². The number of hydrogen-bond acceptors (Lipinski definition) is 3. The predicted molar refractivity (Wildman–Crippen MR) is 75.1 cm³/mol.